The minimum absolute atomic E-state index is 0. The molecule has 1 atom stereocenters. The van der Waals surface area contributed by atoms with Gasteiger partial charge in [-0.3, -0.25) is 4.79 Å². The van der Waals surface area contributed by atoms with Crippen molar-refractivity contribution >= 4 is 30.1 Å². The Labute approximate surface area is 131 Å². The van der Waals surface area contributed by atoms with Crippen molar-refractivity contribution in [2.75, 3.05) is 13.1 Å². The summed E-state index contributed by atoms with van der Waals surface area (Å²) in [5.41, 5.74) is 1.89. The van der Waals surface area contributed by atoms with Crippen LogP contribution in [0.4, 0.5) is 13.2 Å². The minimum atomic E-state index is -4.31. The van der Waals surface area contributed by atoms with Crippen molar-refractivity contribution in [3.05, 3.63) is 29.8 Å². The third kappa shape index (κ3) is 5.41. The number of amides is 1. The number of nitrogens with two attached hydrogens (primary N) is 1. The monoisotopic (exact) mass is 340 g/mol. The van der Waals surface area contributed by atoms with Gasteiger partial charge in [-0.15, -0.1) is 12.4 Å². The second kappa shape index (κ2) is 7.38. The van der Waals surface area contributed by atoms with Crippen LogP contribution in [0.5, 0.6) is 0 Å². The molecule has 1 heterocycles. The van der Waals surface area contributed by atoms with Crippen molar-refractivity contribution in [2.45, 2.75) is 29.3 Å². The van der Waals surface area contributed by atoms with Crippen LogP contribution in [0.25, 0.3) is 0 Å². The zero-order chi connectivity index (χ0) is 14.8. The molecular weight excluding hydrogens is 325 g/mol. The molecule has 2 N–H and O–H groups in total. The zero-order valence-electron chi connectivity index (χ0n) is 11.1. The number of carbonyl (C=O) groups is 1. The molecule has 0 aromatic heterocycles. The van der Waals surface area contributed by atoms with E-state index in [0.29, 0.717) is 18.7 Å². The highest BCUT2D eigenvalue weighted by atomic mass is 35.5. The third-order valence-corrected chi connectivity index (χ3v) is 3.82. The Morgan fingerprint density at radius 1 is 1.29 bits per heavy atom. The Bertz CT molecular complexity index is 481. The lowest BCUT2D eigenvalue weighted by Crippen LogP contribution is -2.45. The van der Waals surface area contributed by atoms with Crippen LogP contribution in [-0.2, 0) is 0 Å². The minimum Gasteiger partial charge on any atom is -0.337 e. The number of benzene rings is 1. The van der Waals surface area contributed by atoms with Gasteiger partial charge < -0.3 is 10.6 Å². The van der Waals surface area contributed by atoms with Crippen LogP contribution >= 0.6 is 24.2 Å². The number of halogens is 4. The number of alkyl halides is 3. The molecule has 0 radical (unpaired) electrons. The molecule has 1 saturated heterocycles. The Balaban J connectivity index is 0.00000220. The van der Waals surface area contributed by atoms with E-state index < -0.39 is 5.51 Å². The summed E-state index contributed by atoms with van der Waals surface area (Å²) >= 11 is -0.188. The number of nitrogens with zero attached hydrogens (tertiary/aromatic N) is 1. The molecule has 1 unspecified atom stereocenters. The summed E-state index contributed by atoms with van der Waals surface area (Å²) in [6.45, 7) is 1.14. The summed E-state index contributed by atoms with van der Waals surface area (Å²) in [4.78, 5) is 13.9. The standard InChI is InChI=1S/C13H15F3N2OS.ClH/c14-13(15,16)20-11-5-3-9(4-6-11)12(19)18-7-1-2-10(17)8-18;/h3-6,10H,1-2,7-8,17H2;1H. The molecule has 0 spiro atoms. The van der Waals surface area contributed by atoms with E-state index in [9.17, 15) is 18.0 Å². The van der Waals surface area contributed by atoms with Gasteiger partial charge in [0.25, 0.3) is 5.91 Å². The summed E-state index contributed by atoms with van der Waals surface area (Å²) in [5.74, 6) is -0.177. The lowest BCUT2D eigenvalue weighted by Gasteiger charge is -2.30. The van der Waals surface area contributed by atoms with Gasteiger partial charge in [0.15, 0.2) is 0 Å². The molecule has 0 saturated carbocycles. The highest BCUT2D eigenvalue weighted by Gasteiger charge is 2.29. The topological polar surface area (TPSA) is 46.3 Å². The second-order valence-electron chi connectivity index (χ2n) is 4.73. The first kappa shape index (κ1) is 18.1. The van der Waals surface area contributed by atoms with Crippen LogP contribution in [0.3, 0.4) is 0 Å². The fourth-order valence-electron chi connectivity index (χ4n) is 2.18. The highest BCUT2D eigenvalue weighted by Crippen LogP contribution is 2.36. The summed E-state index contributed by atoms with van der Waals surface area (Å²) in [5, 5.41) is 0. The van der Waals surface area contributed by atoms with Gasteiger partial charge in [-0.1, -0.05) is 0 Å². The molecule has 1 aliphatic heterocycles. The highest BCUT2D eigenvalue weighted by molar-refractivity contribution is 8.00. The lowest BCUT2D eigenvalue weighted by molar-refractivity contribution is -0.0328. The molecule has 1 fully saturated rings. The van der Waals surface area contributed by atoms with Gasteiger partial charge in [-0.25, -0.2) is 0 Å². The van der Waals surface area contributed by atoms with Crippen LogP contribution < -0.4 is 5.73 Å². The first-order valence-corrected chi connectivity index (χ1v) is 7.07. The molecule has 8 heteroatoms. The maximum Gasteiger partial charge on any atom is 0.446 e. The Hall–Kier alpha value is -0.920. The van der Waals surface area contributed by atoms with Gasteiger partial charge in [-0.2, -0.15) is 13.2 Å². The fraction of sp³-hybridized carbons (Fsp3) is 0.462. The van der Waals surface area contributed by atoms with Crippen molar-refractivity contribution in [2.24, 2.45) is 5.73 Å². The van der Waals surface area contributed by atoms with Crippen molar-refractivity contribution in [1.82, 2.24) is 4.90 Å². The summed E-state index contributed by atoms with van der Waals surface area (Å²) in [6.07, 6.45) is 1.75. The van der Waals surface area contributed by atoms with E-state index in [4.69, 9.17) is 5.73 Å². The lowest BCUT2D eigenvalue weighted by atomic mass is 10.1. The SMILES string of the molecule is Cl.NC1CCCN(C(=O)c2ccc(SC(F)(F)F)cc2)C1. The summed E-state index contributed by atoms with van der Waals surface area (Å²) in [7, 11) is 0. The average molecular weight is 341 g/mol. The zero-order valence-corrected chi connectivity index (χ0v) is 12.7. The van der Waals surface area contributed by atoms with Gasteiger partial charge in [0.1, 0.15) is 0 Å². The van der Waals surface area contributed by atoms with Gasteiger partial charge in [0, 0.05) is 29.6 Å². The van der Waals surface area contributed by atoms with E-state index in [1.165, 1.54) is 24.3 Å². The summed E-state index contributed by atoms with van der Waals surface area (Å²) < 4.78 is 36.6. The molecule has 1 aliphatic rings. The summed E-state index contributed by atoms with van der Waals surface area (Å²) in [6, 6.07) is 5.46. The van der Waals surface area contributed by atoms with Gasteiger partial charge >= 0.3 is 5.51 Å². The Morgan fingerprint density at radius 2 is 1.90 bits per heavy atom. The van der Waals surface area contributed by atoms with E-state index in [1.54, 1.807) is 4.90 Å². The number of hydrogen-bond acceptors (Lipinski definition) is 3. The van der Waals surface area contributed by atoms with E-state index >= 15 is 0 Å². The van der Waals surface area contributed by atoms with Crippen molar-refractivity contribution in [3.8, 4) is 0 Å². The number of rotatable bonds is 2. The smallest absolute Gasteiger partial charge is 0.337 e. The van der Waals surface area contributed by atoms with E-state index in [1.807, 2.05) is 0 Å². The molecule has 1 amide bonds. The average Bonchev–Trinajstić information content (AvgIpc) is 2.37. The molecule has 2 rings (SSSR count). The molecule has 0 bridgehead atoms. The molecule has 0 aliphatic carbocycles. The predicted molar refractivity (Wildman–Crippen MR) is 78.7 cm³/mol. The van der Waals surface area contributed by atoms with Gasteiger partial charge in [0.05, 0.1) is 0 Å². The largest absolute Gasteiger partial charge is 0.446 e. The van der Waals surface area contributed by atoms with E-state index in [-0.39, 0.29) is 41.0 Å². The van der Waals surface area contributed by atoms with Crippen LogP contribution in [0.15, 0.2) is 29.2 Å². The van der Waals surface area contributed by atoms with Crippen molar-refractivity contribution in [3.63, 3.8) is 0 Å². The Morgan fingerprint density at radius 3 is 2.43 bits per heavy atom. The quantitative estimate of drug-likeness (QED) is 0.840. The van der Waals surface area contributed by atoms with Crippen LogP contribution in [-0.4, -0.2) is 35.4 Å². The fourth-order valence-corrected chi connectivity index (χ4v) is 2.72. The van der Waals surface area contributed by atoms with Gasteiger partial charge in [0.2, 0.25) is 0 Å². The second-order valence-corrected chi connectivity index (χ2v) is 5.86. The van der Waals surface area contributed by atoms with E-state index in [0.717, 1.165) is 12.8 Å². The molecular formula is C13H16ClF3N2OS. The number of piperidine rings is 1. The number of carbonyl (C=O) groups excluding carboxylic acids is 1. The Kier molecular flexibility index (Phi) is 6.37. The molecule has 118 valence electrons. The normalized spacial score (nSPS) is 19.0. The van der Waals surface area contributed by atoms with Crippen molar-refractivity contribution < 1.29 is 18.0 Å². The predicted octanol–water partition coefficient (Wildman–Crippen LogP) is 3.28. The van der Waals surface area contributed by atoms with Crippen LogP contribution in [0.1, 0.15) is 23.2 Å². The molecule has 21 heavy (non-hydrogen) atoms. The molecule has 1 aromatic carbocycles. The molecule has 3 nitrogen and oxygen atoms in total. The third-order valence-electron chi connectivity index (χ3n) is 3.08. The number of likely N-dealkylation sites (tertiary alicyclic amines) is 1. The maximum absolute atomic E-state index is 12.2. The van der Waals surface area contributed by atoms with Gasteiger partial charge in [-0.05, 0) is 48.9 Å². The first-order valence-electron chi connectivity index (χ1n) is 6.26. The number of hydrogen-bond donors (Lipinski definition) is 1. The molecule has 1 aromatic rings. The van der Waals surface area contributed by atoms with E-state index in [2.05, 4.69) is 0 Å². The maximum atomic E-state index is 12.2. The first-order chi connectivity index (χ1) is 9.35. The van der Waals surface area contributed by atoms with Crippen molar-refractivity contribution in [1.29, 1.82) is 0 Å². The van der Waals surface area contributed by atoms with Crippen LogP contribution in [0.2, 0.25) is 0 Å². The number of thioether (sulfide) groups is 1. The van der Waals surface area contributed by atoms with Crippen LogP contribution in [0, 0.1) is 0 Å².